The fourth-order valence-electron chi connectivity index (χ4n) is 2.58. The average molecular weight is 284 g/mol. The van der Waals surface area contributed by atoms with Gasteiger partial charge < -0.3 is 5.73 Å². The molecule has 4 nitrogen and oxygen atoms in total. The van der Waals surface area contributed by atoms with Crippen molar-refractivity contribution in [2.75, 3.05) is 6.54 Å². The molecule has 110 valence electrons. The summed E-state index contributed by atoms with van der Waals surface area (Å²) in [7, 11) is 0. The summed E-state index contributed by atoms with van der Waals surface area (Å²) in [5.74, 6) is 5.72. The molecule has 2 rings (SSSR count). The van der Waals surface area contributed by atoms with Crippen LogP contribution in [0.2, 0.25) is 0 Å². The number of piperidine rings is 1. The molecule has 1 aromatic rings. The monoisotopic (exact) mass is 284 g/mol. The van der Waals surface area contributed by atoms with E-state index in [2.05, 4.69) is 11.8 Å². The second-order valence-electron chi connectivity index (χ2n) is 5.47. The lowest BCUT2D eigenvalue weighted by Gasteiger charge is -2.33. The first-order chi connectivity index (χ1) is 10.0. The Labute approximate surface area is 125 Å². The Morgan fingerprint density at radius 1 is 1.24 bits per heavy atom. The number of nitrogens with two attached hydrogens (primary N) is 1. The first kappa shape index (κ1) is 15.3. The molecule has 0 bridgehead atoms. The lowest BCUT2D eigenvalue weighted by atomic mass is 9.95. The van der Waals surface area contributed by atoms with Gasteiger partial charge in [-0.05, 0) is 30.5 Å². The van der Waals surface area contributed by atoms with E-state index < -0.39 is 0 Å². The molecule has 1 unspecified atom stereocenters. The van der Waals surface area contributed by atoms with Crippen molar-refractivity contribution in [2.45, 2.75) is 32.7 Å². The molecule has 2 N–H and O–H groups in total. The molecule has 21 heavy (non-hydrogen) atoms. The van der Waals surface area contributed by atoms with Gasteiger partial charge in [-0.3, -0.25) is 14.5 Å². The van der Waals surface area contributed by atoms with Crippen LogP contribution in [0.1, 0.15) is 43.9 Å². The minimum absolute atomic E-state index is 0.0850. The van der Waals surface area contributed by atoms with Crippen LogP contribution < -0.4 is 5.73 Å². The molecule has 1 aliphatic heterocycles. The van der Waals surface area contributed by atoms with E-state index in [4.69, 9.17) is 5.73 Å². The van der Waals surface area contributed by atoms with Gasteiger partial charge in [0.25, 0.3) is 0 Å². The van der Waals surface area contributed by atoms with Gasteiger partial charge in [0.1, 0.15) is 0 Å². The molecule has 1 aromatic carbocycles. The third-order valence-corrected chi connectivity index (χ3v) is 3.70. The van der Waals surface area contributed by atoms with Crippen LogP contribution in [0.25, 0.3) is 0 Å². The van der Waals surface area contributed by atoms with Crippen molar-refractivity contribution >= 4 is 11.8 Å². The molecule has 1 atom stereocenters. The maximum absolute atomic E-state index is 12.1. The van der Waals surface area contributed by atoms with Crippen LogP contribution in [0.4, 0.5) is 0 Å². The molecular formula is C17H20N2O2. The van der Waals surface area contributed by atoms with Crippen molar-refractivity contribution < 1.29 is 9.59 Å². The van der Waals surface area contributed by atoms with Crippen molar-refractivity contribution in [3.8, 4) is 11.8 Å². The number of benzene rings is 1. The summed E-state index contributed by atoms with van der Waals surface area (Å²) in [4.78, 5) is 25.6. The SMILES string of the molecule is CC1CC(=O)N(C(C)c2ccc(C#CCN)cc2)C(=O)C1. The van der Waals surface area contributed by atoms with Crippen molar-refractivity contribution in [1.82, 2.24) is 4.90 Å². The molecule has 0 aromatic heterocycles. The average Bonchev–Trinajstić information content (AvgIpc) is 2.44. The minimum Gasteiger partial charge on any atom is -0.320 e. The molecule has 0 saturated carbocycles. The highest BCUT2D eigenvalue weighted by atomic mass is 16.2. The smallest absolute Gasteiger partial charge is 0.230 e. The molecular weight excluding hydrogens is 264 g/mol. The second-order valence-corrected chi connectivity index (χ2v) is 5.47. The number of hydrogen-bond acceptors (Lipinski definition) is 3. The van der Waals surface area contributed by atoms with Gasteiger partial charge in [-0.15, -0.1) is 0 Å². The Balaban J connectivity index is 2.17. The summed E-state index contributed by atoms with van der Waals surface area (Å²) in [6.45, 7) is 4.14. The summed E-state index contributed by atoms with van der Waals surface area (Å²) >= 11 is 0. The highest BCUT2D eigenvalue weighted by molar-refractivity contribution is 5.98. The third kappa shape index (κ3) is 3.50. The summed E-state index contributed by atoms with van der Waals surface area (Å²) in [6, 6.07) is 7.34. The summed E-state index contributed by atoms with van der Waals surface area (Å²) in [5.41, 5.74) is 7.15. The zero-order chi connectivity index (χ0) is 15.4. The second kappa shape index (κ2) is 6.55. The standard InChI is InChI=1S/C17H20N2O2/c1-12-10-16(20)19(17(21)11-12)13(2)15-7-5-14(6-8-15)4-3-9-18/h5-8,12-13H,9-11,18H2,1-2H3. The number of hydrogen-bond donors (Lipinski definition) is 1. The van der Waals surface area contributed by atoms with Crippen molar-refractivity contribution in [1.29, 1.82) is 0 Å². The van der Waals surface area contributed by atoms with Gasteiger partial charge in [0, 0.05) is 18.4 Å². The van der Waals surface area contributed by atoms with E-state index in [1.807, 2.05) is 38.1 Å². The van der Waals surface area contributed by atoms with Gasteiger partial charge in [-0.25, -0.2) is 0 Å². The molecule has 0 aliphatic carbocycles. The summed E-state index contributed by atoms with van der Waals surface area (Å²) in [6.07, 6.45) is 0.881. The Kier molecular flexibility index (Phi) is 4.77. The lowest BCUT2D eigenvalue weighted by molar-refractivity contribution is -0.152. The van der Waals surface area contributed by atoms with E-state index in [1.54, 1.807) is 0 Å². The van der Waals surface area contributed by atoms with Crippen molar-refractivity contribution in [3.63, 3.8) is 0 Å². The Morgan fingerprint density at radius 3 is 2.33 bits per heavy atom. The Morgan fingerprint density at radius 2 is 1.81 bits per heavy atom. The highest BCUT2D eigenvalue weighted by Crippen LogP contribution is 2.28. The van der Waals surface area contributed by atoms with Crippen molar-refractivity contribution in [3.05, 3.63) is 35.4 Å². The van der Waals surface area contributed by atoms with E-state index in [9.17, 15) is 9.59 Å². The Bertz CT molecular complexity index is 577. The van der Waals surface area contributed by atoms with Gasteiger partial charge in [0.15, 0.2) is 0 Å². The number of likely N-dealkylation sites (tertiary alicyclic amines) is 1. The summed E-state index contributed by atoms with van der Waals surface area (Å²) in [5, 5.41) is 0. The molecule has 0 spiro atoms. The van der Waals surface area contributed by atoms with Gasteiger partial charge in [-0.1, -0.05) is 30.9 Å². The predicted molar refractivity (Wildman–Crippen MR) is 81.0 cm³/mol. The minimum atomic E-state index is -0.242. The van der Waals surface area contributed by atoms with E-state index in [0.717, 1.165) is 11.1 Å². The van der Waals surface area contributed by atoms with Crippen LogP contribution in [0, 0.1) is 17.8 Å². The number of carbonyl (C=O) groups is 2. The number of rotatable bonds is 2. The Hall–Kier alpha value is -2.12. The van der Waals surface area contributed by atoms with Crippen molar-refractivity contribution in [2.24, 2.45) is 11.7 Å². The van der Waals surface area contributed by atoms with E-state index in [1.165, 1.54) is 4.90 Å². The number of amides is 2. The van der Waals surface area contributed by atoms with Crippen LogP contribution in [0.3, 0.4) is 0 Å². The molecule has 4 heteroatoms. The zero-order valence-corrected chi connectivity index (χ0v) is 12.4. The van der Waals surface area contributed by atoms with E-state index in [-0.39, 0.29) is 23.8 Å². The highest BCUT2D eigenvalue weighted by Gasteiger charge is 2.33. The van der Waals surface area contributed by atoms with Crippen LogP contribution in [-0.2, 0) is 9.59 Å². The van der Waals surface area contributed by atoms with Gasteiger partial charge in [-0.2, -0.15) is 0 Å². The maximum Gasteiger partial charge on any atom is 0.230 e. The number of carbonyl (C=O) groups excluding carboxylic acids is 2. The van der Waals surface area contributed by atoms with E-state index in [0.29, 0.717) is 19.4 Å². The molecule has 1 heterocycles. The van der Waals surface area contributed by atoms with Crippen LogP contribution in [0.5, 0.6) is 0 Å². The molecule has 1 aliphatic rings. The van der Waals surface area contributed by atoms with Crippen LogP contribution >= 0.6 is 0 Å². The predicted octanol–water partition coefficient (Wildman–Crippen LogP) is 1.84. The summed E-state index contributed by atoms with van der Waals surface area (Å²) < 4.78 is 0. The fourth-order valence-corrected chi connectivity index (χ4v) is 2.58. The van der Waals surface area contributed by atoms with Gasteiger partial charge >= 0.3 is 0 Å². The first-order valence-corrected chi connectivity index (χ1v) is 7.16. The molecule has 2 amide bonds. The van der Waals surface area contributed by atoms with Gasteiger partial charge in [0.05, 0.1) is 12.6 Å². The number of nitrogens with zero attached hydrogens (tertiary/aromatic N) is 1. The third-order valence-electron chi connectivity index (χ3n) is 3.70. The normalized spacial score (nSPS) is 17.4. The zero-order valence-electron chi connectivity index (χ0n) is 12.4. The first-order valence-electron chi connectivity index (χ1n) is 7.16. The lowest BCUT2D eigenvalue weighted by Crippen LogP contribution is -2.44. The quantitative estimate of drug-likeness (QED) is 0.666. The molecule has 1 fully saturated rings. The maximum atomic E-state index is 12.1. The van der Waals surface area contributed by atoms with Crippen LogP contribution in [0.15, 0.2) is 24.3 Å². The van der Waals surface area contributed by atoms with E-state index >= 15 is 0 Å². The largest absolute Gasteiger partial charge is 0.320 e. The fraction of sp³-hybridized carbons (Fsp3) is 0.412. The molecule has 1 saturated heterocycles. The number of imide groups is 1. The van der Waals surface area contributed by atoms with Crippen LogP contribution in [-0.4, -0.2) is 23.3 Å². The molecule has 0 radical (unpaired) electrons. The van der Waals surface area contributed by atoms with Gasteiger partial charge in [0.2, 0.25) is 11.8 Å². The topological polar surface area (TPSA) is 63.4 Å².